The van der Waals surface area contributed by atoms with Crippen LogP contribution in [0.2, 0.25) is 0 Å². The van der Waals surface area contributed by atoms with Gasteiger partial charge in [0, 0.05) is 11.9 Å². The fraction of sp³-hybridized carbons (Fsp3) is 0.214. The Bertz CT molecular complexity index is 661. The number of carboxylic acid groups (broad SMARTS) is 1. The molecule has 0 aliphatic heterocycles. The quantitative estimate of drug-likeness (QED) is 0.890. The number of carbonyl (C=O) groups excluding carboxylic acids is 1. The van der Waals surface area contributed by atoms with Crippen LogP contribution in [0.25, 0.3) is 0 Å². The zero-order valence-electron chi connectivity index (χ0n) is 11.3. The molecule has 0 unspecified atom stereocenters. The zero-order valence-corrected chi connectivity index (χ0v) is 11.3. The lowest BCUT2D eigenvalue weighted by Gasteiger charge is -2.10. The fourth-order valence-electron chi connectivity index (χ4n) is 1.78. The van der Waals surface area contributed by atoms with Crippen molar-refractivity contribution < 1.29 is 14.7 Å². The lowest BCUT2D eigenvalue weighted by Crippen LogP contribution is -2.19. The highest BCUT2D eigenvalue weighted by Crippen LogP contribution is 2.17. The number of nitrogens with one attached hydrogen (secondary N) is 1. The Hall–Kier alpha value is -2.63. The van der Waals surface area contributed by atoms with Crippen molar-refractivity contribution in [1.29, 1.82) is 0 Å². The summed E-state index contributed by atoms with van der Waals surface area (Å²) in [5.41, 5.74) is 2.91. The van der Waals surface area contributed by atoms with Crippen LogP contribution < -0.4 is 5.32 Å². The maximum Gasteiger partial charge on any atom is 0.338 e. The molecule has 1 aromatic carbocycles. The summed E-state index contributed by atoms with van der Waals surface area (Å²) in [4.78, 5) is 22.6. The van der Waals surface area contributed by atoms with Crippen LogP contribution >= 0.6 is 0 Å². The van der Waals surface area contributed by atoms with Gasteiger partial charge in [-0.1, -0.05) is 12.1 Å². The van der Waals surface area contributed by atoms with Crippen molar-refractivity contribution in [2.75, 3.05) is 5.32 Å². The van der Waals surface area contributed by atoms with E-state index >= 15 is 0 Å². The molecular formula is C14H15N3O3. The number of carboxylic acids is 1. The Balaban J connectivity index is 2.05. The van der Waals surface area contributed by atoms with Gasteiger partial charge in [0.15, 0.2) is 0 Å². The second kappa shape index (κ2) is 5.56. The van der Waals surface area contributed by atoms with Crippen LogP contribution in [0.1, 0.15) is 21.5 Å². The average molecular weight is 273 g/mol. The summed E-state index contributed by atoms with van der Waals surface area (Å²) in [6.45, 7) is 3.87. The molecule has 2 aromatic rings. The monoisotopic (exact) mass is 273 g/mol. The third-order valence-electron chi connectivity index (χ3n) is 3.06. The Morgan fingerprint density at radius 1 is 1.35 bits per heavy atom. The van der Waals surface area contributed by atoms with Crippen LogP contribution in [-0.2, 0) is 11.3 Å². The first kappa shape index (κ1) is 13.8. The Morgan fingerprint density at radius 2 is 2.10 bits per heavy atom. The lowest BCUT2D eigenvalue weighted by atomic mass is 10.1. The summed E-state index contributed by atoms with van der Waals surface area (Å²) >= 11 is 0. The molecule has 0 atom stereocenters. The van der Waals surface area contributed by atoms with Crippen LogP contribution in [0.15, 0.2) is 30.6 Å². The predicted molar refractivity (Wildman–Crippen MR) is 73.7 cm³/mol. The average Bonchev–Trinajstić information content (AvgIpc) is 2.83. The van der Waals surface area contributed by atoms with Gasteiger partial charge < -0.3 is 10.4 Å². The summed E-state index contributed by atoms with van der Waals surface area (Å²) in [5, 5.41) is 15.4. The third-order valence-corrected chi connectivity index (χ3v) is 3.06. The minimum Gasteiger partial charge on any atom is -0.478 e. The number of hydrogen-bond donors (Lipinski definition) is 2. The molecule has 0 aliphatic carbocycles. The molecule has 6 nitrogen and oxygen atoms in total. The second-order valence-electron chi connectivity index (χ2n) is 4.53. The number of carbonyl (C=O) groups is 2. The highest BCUT2D eigenvalue weighted by Gasteiger charge is 2.10. The molecular weight excluding hydrogens is 258 g/mol. The lowest BCUT2D eigenvalue weighted by molar-refractivity contribution is -0.116. The predicted octanol–water partition coefficient (Wildman–Crippen LogP) is 1.84. The van der Waals surface area contributed by atoms with E-state index in [1.807, 2.05) is 32.0 Å². The van der Waals surface area contributed by atoms with Gasteiger partial charge in [-0.15, -0.1) is 0 Å². The van der Waals surface area contributed by atoms with Gasteiger partial charge in [0.05, 0.1) is 11.8 Å². The largest absolute Gasteiger partial charge is 0.478 e. The first-order valence-corrected chi connectivity index (χ1v) is 6.09. The van der Waals surface area contributed by atoms with Gasteiger partial charge in [0.1, 0.15) is 6.54 Å². The molecule has 0 spiro atoms. The molecule has 0 fully saturated rings. The fourth-order valence-corrected chi connectivity index (χ4v) is 1.78. The Labute approximate surface area is 116 Å². The van der Waals surface area contributed by atoms with E-state index in [-0.39, 0.29) is 18.0 Å². The number of anilines is 1. The number of nitrogens with zero attached hydrogens (tertiary/aromatic N) is 2. The van der Waals surface area contributed by atoms with Crippen LogP contribution in [0, 0.1) is 13.8 Å². The Morgan fingerprint density at radius 3 is 2.75 bits per heavy atom. The van der Waals surface area contributed by atoms with Crippen molar-refractivity contribution in [3.8, 4) is 0 Å². The van der Waals surface area contributed by atoms with Crippen molar-refractivity contribution in [3.63, 3.8) is 0 Å². The normalized spacial score (nSPS) is 10.3. The van der Waals surface area contributed by atoms with E-state index in [0.29, 0.717) is 0 Å². The minimum atomic E-state index is -1.06. The maximum atomic E-state index is 11.9. The molecule has 1 heterocycles. The van der Waals surface area contributed by atoms with Crippen molar-refractivity contribution >= 4 is 17.6 Å². The minimum absolute atomic E-state index is 0.0271. The molecule has 2 N–H and O–H groups in total. The van der Waals surface area contributed by atoms with E-state index in [1.54, 1.807) is 0 Å². The summed E-state index contributed by atoms with van der Waals surface area (Å²) in [7, 11) is 0. The zero-order chi connectivity index (χ0) is 14.7. The van der Waals surface area contributed by atoms with Crippen LogP contribution in [0.5, 0.6) is 0 Å². The summed E-state index contributed by atoms with van der Waals surface area (Å²) < 4.78 is 1.30. The van der Waals surface area contributed by atoms with E-state index in [4.69, 9.17) is 5.11 Å². The summed E-state index contributed by atoms with van der Waals surface area (Å²) in [5.74, 6) is -1.31. The van der Waals surface area contributed by atoms with E-state index in [9.17, 15) is 9.59 Å². The molecule has 0 bridgehead atoms. The molecule has 104 valence electrons. The molecule has 0 aliphatic rings. The maximum absolute atomic E-state index is 11.9. The van der Waals surface area contributed by atoms with Gasteiger partial charge in [-0.05, 0) is 31.0 Å². The standard InChI is InChI=1S/C14H15N3O3/c1-9-4-3-5-12(10(9)2)16-13(18)8-17-7-11(6-15-17)14(19)20/h3-7H,8H2,1-2H3,(H,16,18)(H,19,20). The van der Waals surface area contributed by atoms with Crippen molar-refractivity contribution in [2.45, 2.75) is 20.4 Å². The van der Waals surface area contributed by atoms with Crippen LogP contribution in [0.4, 0.5) is 5.69 Å². The third kappa shape index (κ3) is 3.03. The number of aromatic nitrogens is 2. The number of rotatable bonds is 4. The van der Waals surface area contributed by atoms with E-state index in [1.165, 1.54) is 17.1 Å². The van der Waals surface area contributed by atoms with Gasteiger partial charge in [0.2, 0.25) is 5.91 Å². The number of aromatic carboxylic acids is 1. The number of aryl methyl sites for hydroxylation is 1. The molecule has 0 radical (unpaired) electrons. The summed E-state index contributed by atoms with van der Waals surface area (Å²) in [6.07, 6.45) is 2.54. The molecule has 2 rings (SSSR count). The molecule has 0 saturated heterocycles. The first-order chi connectivity index (χ1) is 9.47. The van der Waals surface area contributed by atoms with Crippen molar-refractivity contribution in [3.05, 3.63) is 47.3 Å². The van der Waals surface area contributed by atoms with Gasteiger partial charge >= 0.3 is 5.97 Å². The second-order valence-corrected chi connectivity index (χ2v) is 4.53. The highest BCUT2D eigenvalue weighted by atomic mass is 16.4. The van der Waals surface area contributed by atoms with Gasteiger partial charge in [-0.2, -0.15) is 5.10 Å². The number of amides is 1. The molecule has 20 heavy (non-hydrogen) atoms. The highest BCUT2D eigenvalue weighted by molar-refractivity contribution is 5.91. The molecule has 6 heteroatoms. The topological polar surface area (TPSA) is 84.2 Å². The van der Waals surface area contributed by atoms with Crippen LogP contribution in [0.3, 0.4) is 0 Å². The van der Waals surface area contributed by atoms with Crippen molar-refractivity contribution in [2.24, 2.45) is 0 Å². The summed E-state index contributed by atoms with van der Waals surface area (Å²) in [6, 6.07) is 5.66. The SMILES string of the molecule is Cc1cccc(NC(=O)Cn2cc(C(=O)O)cn2)c1C. The first-order valence-electron chi connectivity index (χ1n) is 6.09. The molecule has 0 saturated carbocycles. The van der Waals surface area contributed by atoms with Crippen molar-refractivity contribution in [1.82, 2.24) is 9.78 Å². The van der Waals surface area contributed by atoms with Gasteiger partial charge in [0.25, 0.3) is 0 Å². The smallest absolute Gasteiger partial charge is 0.338 e. The Kier molecular flexibility index (Phi) is 3.84. The van der Waals surface area contributed by atoms with Gasteiger partial charge in [-0.3, -0.25) is 9.48 Å². The van der Waals surface area contributed by atoms with Crippen LogP contribution in [-0.4, -0.2) is 26.8 Å². The number of benzene rings is 1. The van der Waals surface area contributed by atoms with E-state index < -0.39 is 5.97 Å². The number of hydrogen-bond acceptors (Lipinski definition) is 3. The van der Waals surface area contributed by atoms with E-state index in [0.717, 1.165) is 16.8 Å². The van der Waals surface area contributed by atoms with E-state index in [2.05, 4.69) is 10.4 Å². The molecule has 1 amide bonds. The molecule has 1 aromatic heterocycles. The van der Waals surface area contributed by atoms with Gasteiger partial charge in [-0.25, -0.2) is 4.79 Å².